The number of carbonyl (C=O) groups excluding carboxylic acids is 1. The van der Waals surface area contributed by atoms with Crippen LogP contribution in [0.5, 0.6) is 5.75 Å². The first-order chi connectivity index (χ1) is 5.27. The maximum Gasteiger partial charge on any atom is 0.153 e. The van der Waals surface area contributed by atoms with Crippen LogP contribution in [-0.2, 0) is 0 Å². The lowest BCUT2D eigenvalue weighted by Gasteiger charge is -2.02. The van der Waals surface area contributed by atoms with Crippen LogP contribution in [0.15, 0.2) is 18.2 Å². The first-order valence-corrected chi connectivity index (χ1v) is 3.37. The van der Waals surface area contributed by atoms with Crippen molar-refractivity contribution in [2.45, 2.75) is 0 Å². The lowest BCUT2D eigenvalue weighted by Crippen LogP contribution is -2.03. The predicted octanol–water partition coefficient (Wildman–Crippen LogP) is -0.234. The van der Waals surface area contributed by atoms with Crippen LogP contribution in [0.4, 0.5) is 0 Å². The molecule has 0 bridgehead atoms. The molecule has 0 fully saturated rings. The molecule has 0 N–H and O–H groups in total. The topological polar surface area (TPSA) is 26.3 Å². The van der Waals surface area contributed by atoms with Crippen LogP contribution in [-0.4, -0.2) is 21.2 Å². The molecule has 0 aliphatic rings. The van der Waals surface area contributed by atoms with Gasteiger partial charge in [-0.15, -0.1) is 0 Å². The molecule has 0 heterocycles. The first kappa shape index (κ1) is 7.86. The maximum atomic E-state index is 10.5. The highest BCUT2D eigenvalue weighted by molar-refractivity contribution is 6.32. The van der Waals surface area contributed by atoms with Crippen molar-refractivity contribution in [3.05, 3.63) is 23.8 Å². The molecule has 1 rings (SSSR count). The Labute approximate surface area is 66.6 Å². The van der Waals surface area contributed by atoms with E-state index in [2.05, 4.69) is 0 Å². The second-order valence-corrected chi connectivity index (χ2v) is 2.36. The van der Waals surface area contributed by atoms with Crippen molar-refractivity contribution in [1.82, 2.24) is 0 Å². The number of aldehydes is 1. The highest BCUT2D eigenvalue weighted by Gasteiger charge is 1.99. The largest absolute Gasteiger partial charge is 0.496 e. The van der Waals surface area contributed by atoms with Crippen LogP contribution in [0, 0.1) is 0 Å². The lowest BCUT2D eigenvalue weighted by molar-refractivity contribution is 0.112. The van der Waals surface area contributed by atoms with E-state index in [1.165, 1.54) is 0 Å². The summed E-state index contributed by atoms with van der Waals surface area (Å²) in [6.07, 6.45) is 0.797. The Morgan fingerprint density at radius 3 is 2.82 bits per heavy atom. The molecule has 0 aliphatic heterocycles. The van der Waals surface area contributed by atoms with Gasteiger partial charge in [0.2, 0.25) is 0 Å². The van der Waals surface area contributed by atoms with Gasteiger partial charge in [0.05, 0.1) is 12.7 Å². The Hall–Kier alpha value is -1.25. The van der Waals surface area contributed by atoms with Crippen LogP contribution in [0.3, 0.4) is 0 Å². The third kappa shape index (κ3) is 1.61. The van der Waals surface area contributed by atoms with Gasteiger partial charge in [-0.05, 0) is 6.07 Å². The first-order valence-electron chi connectivity index (χ1n) is 3.37. The predicted molar refractivity (Wildman–Crippen MR) is 46.6 cm³/mol. The van der Waals surface area contributed by atoms with E-state index in [0.29, 0.717) is 11.3 Å². The van der Waals surface area contributed by atoms with Crippen molar-refractivity contribution < 1.29 is 9.53 Å². The summed E-state index contributed by atoms with van der Waals surface area (Å²) < 4.78 is 4.96. The van der Waals surface area contributed by atoms with Crippen molar-refractivity contribution in [1.29, 1.82) is 0 Å². The van der Waals surface area contributed by atoms with E-state index >= 15 is 0 Å². The van der Waals surface area contributed by atoms with Crippen LogP contribution in [0.2, 0.25) is 0 Å². The lowest BCUT2D eigenvalue weighted by atomic mass is 9.94. The summed E-state index contributed by atoms with van der Waals surface area (Å²) in [6, 6.07) is 5.50. The van der Waals surface area contributed by atoms with Crippen molar-refractivity contribution >= 4 is 19.6 Å². The van der Waals surface area contributed by atoms with Gasteiger partial charge in [-0.3, -0.25) is 4.79 Å². The fourth-order valence-corrected chi connectivity index (χ4v) is 0.946. The zero-order valence-corrected chi connectivity index (χ0v) is 6.63. The maximum absolute atomic E-state index is 10.5. The van der Waals surface area contributed by atoms with Gasteiger partial charge >= 0.3 is 0 Å². The summed E-state index contributed by atoms with van der Waals surface area (Å²) in [5.41, 5.74) is 1.67. The number of rotatable bonds is 2. The monoisotopic (exact) mass is 148 g/mol. The third-order valence-corrected chi connectivity index (χ3v) is 1.51. The summed E-state index contributed by atoms with van der Waals surface area (Å²) in [5, 5.41) is 0. The number of benzene rings is 1. The minimum Gasteiger partial charge on any atom is -0.496 e. The molecule has 0 spiro atoms. The van der Waals surface area contributed by atoms with Gasteiger partial charge in [0.1, 0.15) is 13.6 Å². The Bertz CT molecular complexity index is 271. The summed E-state index contributed by atoms with van der Waals surface area (Å²) >= 11 is 0. The van der Waals surface area contributed by atoms with Crippen LogP contribution < -0.4 is 10.2 Å². The molecular formula is C8H9BO2. The van der Waals surface area contributed by atoms with Gasteiger partial charge in [0.15, 0.2) is 6.29 Å². The molecule has 0 saturated carbocycles. The van der Waals surface area contributed by atoms with E-state index in [9.17, 15) is 4.79 Å². The van der Waals surface area contributed by atoms with Crippen molar-refractivity contribution in [2.75, 3.05) is 7.11 Å². The SMILES string of the molecule is Bc1ccc(OC)c(C=O)c1. The molecule has 0 amide bonds. The van der Waals surface area contributed by atoms with Gasteiger partial charge in [0.25, 0.3) is 0 Å². The van der Waals surface area contributed by atoms with E-state index in [4.69, 9.17) is 4.74 Å². The smallest absolute Gasteiger partial charge is 0.153 e. The molecule has 0 atom stereocenters. The molecule has 0 unspecified atom stereocenters. The minimum absolute atomic E-state index is 0.604. The van der Waals surface area contributed by atoms with Crippen molar-refractivity contribution in [3.63, 3.8) is 0 Å². The number of hydrogen-bond donors (Lipinski definition) is 0. The van der Waals surface area contributed by atoms with E-state index in [1.807, 2.05) is 13.9 Å². The number of methoxy groups -OCH3 is 1. The second kappa shape index (κ2) is 3.24. The molecule has 1 aromatic rings. The Balaban J connectivity index is 3.16. The summed E-state index contributed by atoms with van der Waals surface area (Å²) in [7, 11) is 3.49. The Morgan fingerprint density at radius 1 is 1.55 bits per heavy atom. The molecule has 2 nitrogen and oxygen atoms in total. The van der Waals surface area contributed by atoms with Gasteiger partial charge < -0.3 is 4.74 Å². The molecule has 0 aromatic heterocycles. The van der Waals surface area contributed by atoms with Gasteiger partial charge in [-0.25, -0.2) is 0 Å². The molecule has 0 saturated heterocycles. The summed E-state index contributed by atoms with van der Waals surface area (Å²) in [5.74, 6) is 0.630. The van der Waals surface area contributed by atoms with Gasteiger partial charge in [-0.2, -0.15) is 0 Å². The third-order valence-electron chi connectivity index (χ3n) is 1.51. The second-order valence-electron chi connectivity index (χ2n) is 2.36. The highest BCUT2D eigenvalue weighted by atomic mass is 16.5. The molecule has 0 aliphatic carbocycles. The molecule has 3 heteroatoms. The molecular weight excluding hydrogens is 139 g/mol. The molecule has 1 aromatic carbocycles. The zero-order chi connectivity index (χ0) is 8.27. The molecule has 11 heavy (non-hydrogen) atoms. The fraction of sp³-hybridized carbons (Fsp3) is 0.125. The summed E-state index contributed by atoms with van der Waals surface area (Å²) in [6.45, 7) is 0. The standard InChI is InChI=1S/C8H9BO2/c1-11-8-3-2-7(9)4-6(8)5-10/h2-5H,9H2,1H3. The average Bonchev–Trinajstić information content (AvgIpc) is 2.04. The Morgan fingerprint density at radius 2 is 2.27 bits per heavy atom. The van der Waals surface area contributed by atoms with Gasteiger partial charge in [-0.1, -0.05) is 17.6 Å². The highest BCUT2D eigenvalue weighted by Crippen LogP contribution is 2.12. The number of carbonyl (C=O) groups is 1. The zero-order valence-electron chi connectivity index (χ0n) is 6.63. The van der Waals surface area contributed by atoms with E-state index in [0.717, 1.165) is 11.7 Å². The molecule has 56 valence electrons. The van der Waals surface area contributed by atoms with Crippen LogP contribution >= 0.6 is 0 Å². The number of hydrogen-bond acceptors (Lipinski definition) is 2. The number of ether oxygens (including phenoxy) is 1. The van der Waals surface area contributed by atoms with Crippen molar-refractivity contribution in [2.24, 2.45) is 0 Å². The van der Waals surface area contributed by atoms with E-state index in [-0.39, 0.29) is 0 Å². The van der Waals surface area contributed by atoms with E-state index < -0.39 is 0 Å². The fourth-order valence-electron chi connectivity index (χ4n) is 0.946. The molecule has 0 radical (unpaired) electrons. The van der Waals surface area contributed by atoms with Crippen LogP contribution in [0.25, 0.3) is 0 Å². The van der Waals surface area contributed by atoms with E-state index in [1.54, 1.807) is 19.2 Å². The van der Waals surface area contributed by atoms with Gasteiger partial charge in [0, 0.05) is 0 Å². The average molecular weight is 148 g/mol. The quantitative estimate of drug-likeness (QED) is 0.427. The Kier molecular flexibility index (Phi) is 2.31. The minimum atomic E-state index is 0.604. The van der Waals surface area contributed by atoms with Crippen LogP contribution in [0.1, 0.15) is 10.4 Å². The summed E-state index contributed by atoms with van der Waals surface area (Å²) in [4.78, 5) is 10.5. The van der Waals surface area contributed by atoms with Crippen molar-refractivity contribution in [3.8, 4) is 5.75 Å². The normalized spacial score (nSPS) is 9.18.